The average Bonchev–Trinajstić information content (AvgIpc) is 2.97. The van der Waals surface area contributed by atoms with E-state index in [1.54, 1.807) is 31.2 Å². The zero-order chi connectivity index (χ0) is 19.7. The van der Waals surface area contributed by atoms with Crippen LogP contribution in [0.15, 0.2) is 24.3 Å². The second-order valence-corrected chi connectivity index (χ2v) is 9.47. The van der Waals surface area contributed by atoms with Gasteiger partial charge in [0.25, 0.3) is 5.91 Å². The fourth-order valence-corrected chi connectivity index (χ4v) is 4.54. The summed E-state index contributed by atoms with van der Waals surface area (Å²) in [4.78, 5) is 28.6. The van der Waals surface area contributed by atoms with Crippen molar-refractivity contribution in [3.63, 3.8) is 0 Å². The van der Waals surface area contributed by atoms with E-state index >= 15 is 0 Å². The number of nitrogens with zero attached hydrogens (tertiary/aromatic N) is 2. The van der Waals surface area contributed by atoms with Crippen LogP contribution in [-0.2, 0) is 14.8 Å². The first-order chi connectivity index (χ1) is 12.8. The molecule has 2 heterocycles. The third kappa shape index (κ3) is 4.26. The van der Waals surface area contributed by atoms with Crippen LogP contribution in [0.1, 0.15) is 43.5 Å². The monoisotopic (exact) mass is 393 g/mol. The van der Waals surface area contributed by atoms with Crippen molar-refractivity contribution in [3.8, 4) is 0 Å². The van der Waals surface area contributed by atoms with Gasteiger partial charge >= 0.3 is 0 Å². The highest BCUT2D eigenvalue weighted by atomic mass is 32.2. The molecule has 0 radical (unpaired) electrons. The van der Waals surface area contributed by atoms with Crippen LogP contribution >= 0.6 is 0 Å². The second-order valence-electron chi connectivity index (χ2n) is 7.46. The zero-order valence-electron chi connectivity index (χ0n) is 15.9. The molecule has 2 amide bonds. The maximum Gasteiger partial charge on any atom is 0.253 e. The van der Waals surface area contributed by atoms with Gasteiger partial charge in [-0.2, -0.15) is 0 Å². The molecule has 0 bridgehead atoms. The first kappa shape index (κ1) is 19.7. The molecule has 2 aliphatic rings. The molecule has 0 unspecified atom stereocenters. The Bertz CT molecular complexity index is 812. The van der Waals surface area contributed by atoms with Gasteiger partial charge in [-0.3, -0.25) is 14.3 Å². The van der Waals surface area contributed by atoms with E-state index in [1.165, 1.54) is 0 Å². The molecule has 1 aromatic carbocycles. The Labute approximate surface area is 160 Å². The summed E-state index contributed by atoms with van der Waals surface area (Å²) in [7, 11) is -3.33. The van der Waals surface area contributed by atoms with Crippen molar-refractivity contribution in [2.45, 2.75) is 33.1 Å². The summed E-state index contributed by atoms with van der Waals surface area (Å²) in [5.41, 5.74) is 1.02. The Balaban J connectivity index is 1.60. The van der Waals surface area contributed by atoms with E-state index in [4.69, 9.17) is 0 Å². The fraction of sp³-hybridized carbons (Fsp3) is 0.579. The summed E-state index contributed by atoms with van der Waals surface area (Å²) in [5.74, 6) is 0.176. The van der Waals surface area contributed by atoms with Crippen LogP contribution in [0.25, 0.3) is 0 Å². The average molecular weight is 394 g/mol. The van der Waals surface area contributed by atoms with Gasteiger partial charge in [-0.1, -0.05) is 0 Å². The zero-order valence-corrected chi connectivity index (χ0v) is 16.7. The van der Waals surface area contributed by atoms with Crippen molar-refractivity contribution in [2.24, 2.45) is 5.41 Å². The smallest absolute Gasteiger partial charge is 0.253 e. The number of hydrogen-bond donors (Lipinski definition) is 1. The number of sulfonamides is 1. The van der Waals surface area contributed by atoms with E-state index in [9.17, 15) is 18.0 Å². The highest BCUT2D eigenvalue weighted by Gasteiger charge is 2.44. The molecule has 1 aromatic rings. The van der Waals surface area contributed by atoms with Crippen molar-refractivity contribution in [2.75, 3.05) is 36.7 Å². The van der Waals surface area contributed by atoms with Gasteiger partial charge in [0.1, 0.15) is 0 Å². The van der Waals surface area contributed by atoms with Gasteiger partial charge in [-0.15, -0.1) is 0 Å². The standard InChI is InChI=1S/C19H27N3O4S/c1-3-21-14-19(13-17(21)23)9-11-22(12-10-19)18(24)15-5-7-16(8-6-15)20-27(25,26)4-2/h5-8,20H,3-4,9-14H2,1-2H3. The summed E-state index contributed by atoms with van der Waals surface area (Å²) in [6.07, 6.45) is 2.28. The number of amides is 2. The highest BCUT2D eigenvalue weighted by molar-refractivity contribution is 7.92. The largest absolute Gasteiger partial charge is 0.342 e. The molecular formula is C19H27N3O4S. The summed E-state index contributed by atoms with van der Waals surface area (Å²) in [6, 6.07) is 6.53. The number of carbonyl (C=O) groups is 2. The van der Waals surface area contributed by atoms with Crippen molar-refractivity contribution in [3.05, 3.63) is 29.8 Å². The third-order valence-electron chi connectivity index (χ3n) is 5.68. The number of benzene rings is 1. The molecule has 0 atom stereocenters. The van der Waals surface area contributed by atoms with E-state index in [2.05, 4.69) is 4.72 Å². The quantitative estimate of drug-likeness (QED) is 0.828. The maximum atomic E-state index is 12.8. The number of rotatable bonds is 5. The molecule has 1 spiro atoms. The first-order valence-electron chi connectivity index (χ1n) is 9.45. The predicted octanol–water partition coefficient (Wildman–Crippen LogP) is 1.92. The van der Waals surface area contributed by atoms with Crippen LogP contribution in [0.2, 0.25) is 0 Å². The lowest BCUT2D eigenvalue weighted by Gasteiger charge is -2.38. The normalized spacial score (nSPS) is 19.6. The van der Waals surface area contributed by atoms with Crippen LogP contribution in [0.4, 0.5) is 5.69 Å². The van der Waals surface area contributed by atoms with Gasteiger partial charge in [0.15, 0.2) is 0 Å². The number of piperidine rings is 1. The van der Waals surface area contributed by atoms with E-state index in [0.717, 1.165) is 25.9 Å². The molecule has 7 nitrogen and oxygen atoms in total. The molecule has 8 heteroatoms. The molecule has 3 rings (SSSR count). The molecule has 27 heavy (non-hydrogen) atoms. The molecule has 1 N–H and O–H groups in total. The van der Waals surface area contributed by atoms with E-state index < -0.39 is 10.0 Å². The number of carbonyl (C=O) groups excluding carboxylic acids is 2. The molecule has 0 aromatic heterocycles. The molecule has 0 saturated carbocycles. The summed E-state index contributed by atoms with van der Waals surface area (Å²) < 4.78 is 25.7. The van der Waals surface area contributed by atoms with Crippen molar-refractivity contribution in [1.82, 2.24) is 9.80 Å². The highest BCUT2D eigenvalue weighted by Crippen LogP contribution is 2.41. The van der Waals surface area contributed by atoms with Gasteiger partial charge < -0.3 is 9.80 Å². The molecule has 2 saturated heterocycles. The number of likely N-dealkylation sites (tertiary alicyclic amines) is 2. The molecule has 2 fully saturated rings. The lowest BCUT2D eigenvalue weighted by Crippen LogP contribution is -2.44. The van der Waals surface area contributed by atoms with Gasteiger partial charge in [0, 0.05) is 49.3 Å². The van der Waals surface area contributed by atoms with Crippen LogP contribution in [-0.4, -0.2) is 62.0 Å². The minimum Gasteiger partial charge on any atom is -0.342 e. The number of nitrogens with one attached hydrogen (secondary N) is 1. The fourth-order valence-electron chi connectivity index (χ4n) is 3.90. The van der Waals surface area contributed by atoms with Gasteiger partial charge in [0.2, 0.25) is 15.9 Å². The van der Waals surface area contributed by atoms with Gasteiger partial charge in [-0.25, -0.2) is 8.42 Å². The Morgan fingerprint density at radius 1 is 1.15 bits per heavy atom. The summed E-state index contributed by atoms with van der Waals surface area (Å²) >= 11 is 0. The van der Waals surface area contributed by atoms with Crippen LogP contribution in [0.3, 0.4) is 0 Å². The minimum atomic E-state index is -3.33. The van der Waals surface area contributed by atoms with Gasteiger partial charge in [0.05, 0.1) is 5.75 Å². The van der Waals surface area contributed by atoms with Crippen LogP contribution in [0, 0.1) is 5.41 Å². The van der Waals surface area contributed by atoms with E-state index in [0.29, 0.717) is 30.8 Å². The van der Waals surface area contributed by atoms with Crippen molar-refractivity contribution >= 4 is 27.5 Å². The first-order valence-corrected chi connectivity index (χ1v) is 11.1. The Kier molecular flexibility index (Phi) is 5.46. The summed E-state index contributed by atoms with van der Waals surface area (Å²) in [5, 5.41) is 0. The summed E-state index contributed by atoms with van der Waals surface area (Å²) in [6.45, 7) is 6.41. The second kappa shape index (κ2) is 7.50. The third-order valence-corrected chi connectivity index (χ3v) is 6.99. The molecule has 148 valence electrons. The minimum absolute atomic E-state index is 0.00116. The predicted molar refractivity (Wildman–Crippen MR) is 104 cm³/mol. The number of anilines is 1. The maximum absolute atomic E-state index is 12.8. The Morgan fingerprint density at radius 3 is 2.30 bits per heavy atom. The van der Waals surface area contributed by atoms with Crippen LogP contribution < -0.4 is 4.72 Å². The SMILES string of the molecule is CCN1CC2(CCN(C(=O)c3ccc(NS(=O)(=O)CC)cc3)CC2)CC1=O. The molecule has 0 aliphatic carbocycles. The van der Waals surface area contributed by atoms with Crippen molar-refractivity contribution < 1.29 is 18.0 Å². The molecular weight excluding hydrogens is 366 g/mol. The van der Waals surface area contributed by atoms with E-state index in [1.807, 2.05) is 16.7 Å². The van der Waals surface area contributed by atoms with Crippen molar-refractivity contribution in [1.29, 1.82) is 0 Å². The van der Waals surface area contributed by atoms with E-state index in [-0.39, 0.29) is 23.0 Å². The molecule has 2 aliphatic heterocycles. The Hall–Kier alpha value is -2.09. The topological polar surface area (TPSA) is 86.8 Å². The lowest BCUT2D eigenvalue weighted by atomic mass is 9.77. The van der Waals surface area contributed by atoms with Crippen LogP contribution in [0.5, 0.6) is 0 Å². The Morgan fingerprint density at radius 2 is 1.78 bits per heavy atom. The number of hydrogen-bond acceptors (Lipinski definition) is 4. The van der Waals surface area contributed by atoms with Gasteiger partial charge in [-0.05, 0) is 51.0 Å². The lowest BCUT2D eigenvalue weighted by molar-refractivity contribution is -0.127.